The number of hydrogen-bond donors (Lipinski definition) is 0. The van der Waals surface area contributed by atoms with Crippen LogP contribution in [0.1, 0.15) is 34.2 Å². The van der Waals surface area contributed by atoms with Gasteiger partial charge in [0.05, 0.1) is 12.7 Å². The van der Waals surface area contributed by atoms with Gasteiger partial charge in [0.1, 0.15) is 5.75 Å². The number of hydrogen-bond acceptors (Lipinski definition) is 3. The number of methoxy groups -OCH3 is 1. The summed E-state index contributed by atoms with van der Waals surface area (Å²) in [4.78, 5) is 17.3. The lowest BCUT2D eigenvalue weighted by Crippen LogP contribution is -2.48. The van der Waals surface area contributed by atoms with Crippen molar-refractivity contribution < 1.29 is 9.53 Å². The second kappa shape index (κ2) is 8.36. The smallest absolute Gasteiger partial charge is 0.255 e. The molecule has 1 aliphatic rings. The van der Waals surface area contributed by atoms with Gasteiger partial charge in [0, 0.05) is 61.2 Å². The van der Waals surface area contributed by atoms with Gasteiger partial charge < -0.3 is 14.2 Å². The van der Waals surface area contributed by atoms with E-state index in [1.807, 2.05) is 36.1 Å². The largest absolute Gasteiger partial charge is 0.496 e. The Hall–Kier alpha value is -1.98. The Morgan fingerprint density at radius 2 is 1.85 bits per heavy atom. The van der Waals surface area contributed by atoms with E-state index >= 15 is 0 Å². The summed E-state index contributed by atoms with van der Waals surface area (Å²) in [6.45, 7) is 11.0. The Labute approximate surface area is 166 Å². The van der Waals surface area contributed by atoms with Crippen molar-refractivity contribution in [1.82, 2.24) is 14.4 Å². The van der Waals surface area contributed by atoms with Crippen molar-refractivity contribution in [3.05, 3.63) is 51.8 Å². The van der Waals surface area contributed by atoms with Crippen molar-refractivity contribution in [2.75, 3.05) is 33.3 Å². The highest BCUT2D eigenvalue weighted by molar-refractivity contribution is 6.30. The second-order valence-corrected chi connectivity index (χ2v) is 7.49. The number of aryl methyl sites for hydroxylation is 1. The summed E-state index contributed by atoms with van der Waals surface area (Å²) in [6, 6.07) is 7.72. The zero-order chi connectivity index (χ0) is 19.6. The molecular weight excluding hydrogens is 362 g/mol. The molecule has 1 fully saturated rings. The first-order valence-corrected chi connectivity index (χ1v) is 9.83. The molecule has 0 saturated carbocycles. The van der Waals surface area contributed by atoms with Crippen LogP contribution < -0.4 is 4.74 Å². The SMILES string of the molecule is CCn1c(C)cc(C(=O)N2CCN(Cc3cc(Cl)ccc3OC)CC2)c1C. The summed E-state index contributed by atoms with van der Waals surface area (Å²) in [5.74, 6) is 0.993. The van der Waals surface area contributed by atoms with Gasteiger partial charge in [-0.3, -0.25) is 9.69 Å². The van der Waals surface area contributed by atoms with Gasteiger partial charge in [-0.1, -0.05) is 11.6 Å². The number of rotatable bonds is 5. The van der Waals surface area contributed by atoms with Crippen LogP contribution in [0.2, 0.25) is 5.02 Å². The molecule has 0 spiro atoms. The Bertz CT molecular complexity index is 823. The van der Waals surface area contributed by atoms with Crippen molar-refractivity contribution in [1.29, 1.82) is 0 Å². The van der Waals surface area contributed by atoms with Gasteiger partial charge in [0.25, 0.3) is 5.91 Å². The van der Waals surface area contributed by atoms with Crippen LogP contribution in [0.25, 0.3) is 0 Å². The van der Waals surface area contributed by atoms with E-state index in [1.54, 1.807) is 7.11 Å². The van der Waals surface area contributed by atoms with E-state index in [4.69, 9.17) is 16.3 Å². The minimum atomic E-state index is 0.141. The van der Waals surface area contributed by atoms with Crippen molar-refractivity contribution in [2.24, 2.45) is 0 Å². The van der Waals surface area contributed by atoms with E-state index in [1.165, 1.54) is 0 Å². The minimum Gasteiger partial charge on any atom is -0.496 e. The van der Waals surface area contributed by atoms with Crippen LogP contribution in [0.4, 0.5) is 0 Å². The fraction of sp³-hybridized carbons (Fsp3) is 0.476. The average Bonchev–Trinajstić information content (AvgIpc) is 2.95. The van der Waals surface area contributed by atoms with Crippen LogP contribution in [0.5, 0.6) is 5.75 Å². The zero-order valence-electron chi connectivity index (χ0n) is 16.6. The normalized spacial score (nSPS) is 15.2. The topological polar surface area (TPSA) is 37.7 Å². The number of piperazine rings is 1. The quantitative estimate of drug-likeness (QED) is 0.781. The molecule has 1 aromatic heterocycles. The molecule has 5 nitrogen and oxygen atoms in total. The molecule has 27 heavy (non-hydrogen) atoms. The predicted molar refractivity (Wildman–Crippen MR) is 109 cm³/mol. The molecule has 0 bridgehead atoms. The maximum Gasteiger partial charge on any atom is 0.255 e. The number of carbonyl (C=O) groups is 1. The molecule has 1 amide bonds. The molecule has 0 radical (unpaired) electrons. The van der Waals surface area contributed by atoms with Crippen molar-refractivity contribution in [2.45, 2.75) is 33.9 Å². The van der Waals surface area contributed by atoms with Gasteiger partial charge in [0.15, 0.2) is 0 Å². The van der Waals surface area contributed by atoms with Crippen LogP contribution in [0.15, 0.2) is 24.3 Å². The summed E-state index contributed by atoms with van der Waals surface area (Å²) in [7, 11) is 1.68. The molecule has 1 saturated heterocycles. The van der Waals surface area contributed by atoms with Gasteiger partial charge in [0.2, 0.25) is 0 Å². The van der Waals surface area contributed by atoms with E-state index < -0.39 is 0 Å². The fourth-order valence-corrected chi connectivity index (χ4v) is 4.09. The predicted octanol–water partition coefficient (Wildman–Crippen LogP) is 3.74. The standard InChI is InChI=1S/C21H28ClN3O2/c1-5-25-15(2)12-19(16(25)3)21(26)24-10-8-23(9-11-24)14-17-13-18(22)6-7-20(17)27-4/h6-7,12-13H,5,8-11,14H2,1-4H3. The Balaban J connectivity index is 1.64. The van der Waals surface area contributed by atoms with Gasteiger partial charge >= 0.3 is 0 Å². The Kier molecular flexibility index (Phi) is 6.12. The third-order valence-electron chi connectivity index (χ3n) is 5.42. The summed E-state index contributed by atoms with van der Waals surface area (Å²) in [6.07, 6.45) is 0. The number of ether oxygens (including phenoxy) is 1. The van der Waals surface area contributed by atoms with Gasteiger partial charge in [-0.25, -0.2) is 0 Å². The highest BCUT2D eigenvalue weighted by atomic mass is 35.5. The van der Waals surface area contributed by atoms with E-state index in [0.29, 0.717) is 5.02 Å². The van der Waals surface area contributed by atoms with Crippen LogP contribution in [0, 0.1) is 13.8 Å². The number of aromatic nitrogens is 1. The lowest BCUT2D eigenvalue weighted by Gasteiger charge is -2.35. The zero-order valence-corrected chi connectivity index (χ0v) is 17.3. The van der Waals surface area contributed by atoms with Gasteiger partial charge in [-0.05, 0) is 45.0 Å². The summed E-state index contributed by atoms with van der Waals surface area (Å²) >= 11 is 6.14. The van der Waals surface area contributed by atoms with Crippen molar-refractivity contribution in [3.63, 3.8) is 0 Å². The first-order chi connectivity index (χ1) is 12.9. The number of nitrogens with zero attached hydrogens (tertiary/aromatic N) is 3. The molecule has 3 rings (SSSR count). The summed E-state index contributed by atoms with van der Waals surface area (Å²) in [5.41, 5.74) is 4.12. The van der Waals surface area contributed by atoms with Crippen LogP contribution >= 0.6 is 11.6 Å². The lowest BCUT2D eigenvalue weighted by atomic mass is 10.1. The lowest BCUT2D eigenvalue weighted by molar-refractivity contribution is 0.0626. The van der Waals surface area contributed by atoms with Crippen LogP contribution in [0.3, 0.4) is 0 Å². The summed E-state index contributed by atoms with van der Waals surface area (Å²) in [5, 5.41) is 0.714. The average molecular weight is 390 g/mol. The first-order valence-electron chi connectivity index (χ1n) is 9.45. The number of amides is 1. The van der Waals surface area contributed by atoms with Crippen molar-refractivity contribution >= 4 is 17.5 Å². The van der Waals surface area contributed by atoms with Crippen LogP contribution in [-0.4, -0.2) is 53.6 Å². The molecular formula is C21H28ClN3O2. The van der Waals surface area contributed by atoms with Crippen molar-refractivity contribution in [3.8, 4) is 5.75 Å². The maximum absolute atomic E-state index is 13.0. The molecule has 6 heteroatoms. The maximum atomic E-state index is 13.0. The number of halogens is 1. The second-order valence-electron chi connectivity index (χ2n) is 7.05. The highest BCUT2D eigenvalue weighted by Crippen LogP contribution is 2.25. The molecule has 0 aliphatic carbocycles. The highest BCUT2D eigenvalue weighted by Gasteiger charge is 2.25. The molecule has 1 aliphatic heterocycles. The molecule has 0 N–H and O–H groups in total. The minimum absolute atomic E-state index is 0.141. The monoisotopic (exact) mass is 389 g/mol. The molecule has 1 aromatic carbocycles. The molecule has 0 atom stereocenters. The molecule has 2 heterocycles. The van der Waals surface area contributed by atoms with Gasteiger partial charge in [-0.15, -0.1) is 0 Å². The number of carbonyl (C=O) groups excluding carboxylic acids is 1. The van der Waals surface area contributed by atoms with E-state index in [2.05, 4.69) is 23.3 Å². The van der Waals surface area contributed by atoms with Gasteiger partial charge in [-0.2, -0.15) is 0 Å². The van der Waals surface area contributed by atoms with E-state index in [9.17, 15) is 4.79 Å². The number of benzene rings is 1. The molecule has 2 aromatic rings. The fourth-order valence-electron chi connectivity index (χ4n) is 3.90. The van der Waals surface area contributed by atoms with E-state index in [0.717, 1.165) is 67.5 Å². The Morgan fingerprint density at radius 3 is 2.44 bits per heavy atom. The molecule has 0 unspecified atom stereocenters. The Morgan fingerprint density at radius 1 is 1.15 bits per heavy atom. The molecule has 146 valence electrons. The third-order valence-corrected chi connectivity index (χ3v) is 5.65. The summed E-state index contributed by atoms with van der Waals surface area (Å²) < 4.78 is 7.63. The third kappa shape index (κ3) is 4.14. The van der Waals surface area contributed by atoms with Crippen LogP contribution in [-0.2, 0) is 13.1 Å². The first kappa shape index (κ1) is 19.8. The van der Waals surface area contributed by atoms with E-state index in [-0.39, 0.29) is 5.91 Å².